The van der Waals surface area contributed by atoms with Gasteiger partial charge in [-0.2, -0.15) is 5.10 Å². The molecule has 7 heteroatoms. The number of aromatic nitrogens is 2. The first-order valence-electron chi connectivity index (χ1n) is 8.36. The number of amides is 2. The van der Waals surface area contributed by atoms with Crippen LogP contribution in [0.4, 0.5) is 0 Å². The Bertz CT molecular complexity index is 941. The highest BCUT2D eigenvalue weighted by Crippen LogP contribution is 2.26. The van der Waals surface area contributed by atoms with Crippen LogP contribution in [0.15, 0.2) is 54.7 Å². The molecule has 2 aromatic carbocycles. The predicted octanol–water partition coefficient (Wildman–Crippen LogP) is 2.39. The second kappa shape index (κ2) is 7.21. The Morgan fingerprint density at radius 2 is 2.04 bits per heavy atom. The lowest BCUT2D eigenvalue weighted by molar-refractivity contribution is -0.124. The quantitative estimate of drug-likeness (QED) is 0.743. The number of hydrogen-bond acceptors (Lipinski definition) is 4. The van der Waals surface area contributed by atoms with Gasteiger partial charge in [-0.25, -0.2) is 0 Å². The standard InChI is InChI=1S/C19H18N4O2S/c24-18(20-9-13-5-2-1-3-6-13)16-11-26-12-23(16)19(25)15-8-4-7-14-10-21-22-17(14)15/h1-8,10,16H,9,11-12H2,(H,20,24)(H,21,22)/t16-/m0/s1. The zero-order chi connectivity index (χ0) is 17.9. The van der Waals surface area contributed by atoms with Crippen molar-refractivity contribution in [1.29, 1.82) is 0 Å². The van der Waals surface area contributed by atoms with Crippen LogP contribution in [-0.4, -0.2) is 44.6 Å². The van der Waals surface area contributed by atoms with E-state index in [0.29, 0.717) is 29.3 Å². The smallest absolute Gasteiger partial charge is 0.257 e. The second-order valence-corrected chi connectivity index (χ2v) is 7.13. The second-order valence-electron chi connectivity index (χ2n) is 6.13. The maximum Gasteiger partial charge on any atom is 0.257 e. The highest BCUT2D eigenvalue weighted by atomic mass is 32.2. The molecule has 2 heterocycles. The number of rotatable bonds is 4. The Hall–Kier alpha value is -2.80. The van der Waals surface area contributed by atoms with Crippen LogP contribution in [0, 0.1) is 0 Å². The summed E-state index contributed by atoms with van der Waals surface area (Å²) in [4.78, 5) is 27.3. The number of benzene rings is 2. The van der Waals surface area contributed by atoms with Gasteiger partial charge in [0, 0.05) is 17.7 Å². The molecular weight excluding hydrogens is 348 g/mol. The largest absolute Gasteiger partial charge is 0.350 e. The van der Waals surface area contributed by atoms with E-state index in [0.717, 1.165) is 10.9 Å². The fourth-order valence-electron chi connectivity index (χ4n) is 3.06. The van der Waals surface area contributed by atoms with Crippen LogP contribution in [0.1, 0.15) is 15.9 Å². The molecule has 1 fully saturated rings. The fourth-order valence-corrected chi connectivity index (χ4v) is 4.22. The summed E-state index contributed by atoms with van der Waals surface area (Å²) in [5.41, 5.74) is 2.29. The lowest BCUT2D eigenvalue weighted by Gasteiger charge is -2.23. The highest BCUT2D eigenvalue weighted by molar-refractivity contribution is 7.99. The number of aromatic amines is 1. The van der Waals surface area contributed by atoms with E-state index in [1.165, 1.54) is 0 Å². The number of fused-ring (bicyclic) bond motifs is 1. The van der Waals surface area contributed by atoms with Crippen LogP contribution < -0.4 is 5.32 Å². The summed E-state index contributed by atoms with van der Waals surface area (Å²) in [6.07, 6.45) is 1.69. The number of para-hydroxylation sites is 1. The summed E-state index contributed by atoms with van der Waals surface area (Å²) in [6, 6.07) is 14.8. The molecular formula is C19H18N4O2S. The van der Waals surface area contributed by atoms with Gasteiger partial charge in [0.25, 0.3) is 5.91 Å². The number of nitrogens with one attached hydrogen (secondary N) is 2. The Labute approximate surface area is 155 Å². The lowest BCUT2D eigenvalue weighted by Crippen LogP contribution is -2.47. The van der Waals surface area contributed by atoms with Crippen molar-refractivity contribution in [2.24, 2.45) is 0 Å². The van der Waals surface area contributed by atoms with Gasteiger partial charge in [-0.3, -0.25) is 14.7 Å². The summed E-state index contributed by atoms with van der Waals surface area (Å²) in [6.45, 7) is 0.457. The maximum absolute atomic E-state index is 13.0. The lowest BCUT2D eigenvalue weighted by atomic mass is 10.1. The Kier molecular flexibility index (Phi) is 4.62. The van der Waals surface area contributed by atoms with Crippen LogP contribution in [0.3, 0.4) is 0 Å². The minimum atomic E-state index is -0.464. The normalized spacial score (nSPS) is 16.8. The van der Waals surface area contributed by atoms with Crippen molar-refractivity contribution in [3.63, 3.8) is 0 Å². The molecule has 0 bridgehead atoms. The molecule has 3 aromatic rings. The molecule has 0 spiro atoms. The molecule has 0 saturated carbocycles. The minimum absolute atomic E-state index is 0.121. The molecule has 6 nitrogen and oxygen atoms in total. The van der Waals surface area contributed by atoms with Crippen molar-refractivity contribution in [3.05, 3.63) is 65.9 Å². The van der Waals surface area contributed by atoms with Gasteiger partial charge in [0.1, 0.15) is 6.04 Å². The molecule has 0 unspecified atom stereocenters. The molecule has 1 aromatic heterocycles. The van der Waals surface area contributed by atoms with Gasteiger partial charge in [-0.15, -0.1) is 11.8 Å². The van der Waals surface area contributed by atoms with Crippen molar-refractivity contribution < 1.29 is 9.59 Å². The van der Waals surface area contributed by atoms with Crippen LogP contribution in [-0.2, 0) is 11.3 Å². The fraction of sp³-hybridized carbons (Fsp3) is 0.211. The molecule has 2 N–H and O–H groups in total. The molecule has 2 amide bonds. The molecule has 0 aliphatic carbocycles. The summed E-state index contributed by atoms with van der Waals surface area (Å²) in [5, 5.41) is 10.7. The minimum Gasteiger partial charge on any atom is -0.350 e. The molecule has 26 heavy (non-hydrogen) atoms. The molecule has 4 rings (SSSR count). The molecule has 1 aliphatic rings. The van der Waals surface area contributed by atoms with Gasteiger partial charge in [-0.05, 0) is 11.6 Å². The first kappa shape index (κ1) is 16.7. The Balaban J connectivity index is 1.50. The van der Waals surface area contributed by atoms with E-state index < -0.39 is 6.04 Å². The van der Waals surface area contributed by atoms with Crippen molar-refractivity contribution in [2.75, 3.05) is 11.6 Å². The van der Waals surface area contributed by atoms with Crippen molar-refractivity contribution in [2.45, 2.75) is 12.6 Å². The third kappa shape index (κ3) is 3.17. The number of carbonyl (C=O) groups is 2. The maximum atomic E-state index is 13.0. The van der Waals surface area contributed by atoms with E-state index in [4.69, 9.17) is 0 Å². The number of hydrogen-bond donors (Lipinski definition) is 2. The average molecular weight is 366 g/mol. The topological polar surface area (TPSA) is 78.1 Å². The SMILES string of the molecule is O=C(NCc1ccccc1)[C@@H]1CSCN1C(=O)c1cccc2cn[nH]c12. The first-order valence-corrected chi connectivity index (χ1v) is 9.52. The van der Waals surface area contributed by atoms with Crippen molar-refractivity contribution in [1.82, 2.24) is 20.4 Å². The zero-order valence-electron chi connectivity index (χ0n) is 14.0. The predicted molar refractivity (Wildman–Crippen MR) is 102 cm³/mol. The molecule has 1 aliphatic heterocycles. The van der Waals surface area contributed by atoms with Crippen LogP contribution in [0.25, 0.3) is 10.9 Å². The van der Waals surface area contributed by atoms with E-state index in [1.54, 1.807) is 28.9 Å². The van der Waals surface area contributed by atoms with Crippen LogP contribution in [0.5, 0.6) is 0 Å². The van der Waals surface area contributed by atoms with Gasteiger partial charge in [-0.1, -0.05) is 42.5 Å². The number of nitrogens with zero attached hydrogens (tertiary/aromatic N) is 2. The summed E-state index contributed by atoms with van der Waals surface area (Å²) >= 11 is 1.59. The first-order chi connectivity index (χ1) is 12.7. The Morgan fingerprint density at radius 1 is 1.19 bits per heavy atom. The Morgan fingerprint density at radius 3 is 2.88 bits per heavy atom. The number of carbonyl (C=O) groups excluding carboxylic acids is 2. The molecule has 0 radical (unpaired) electrons. The summed E-state index contributed by atoms with van der Waals surface area (Å²) in [7, 11) is 0. The monoisotopic (exact) mass is 366 g/mol. The van der Waals surface area contributed by atoms with E-state index in [1.807, 2.05) is 42.5 Å². The van der Waals surface area contributed by atoms with Gasteiger partial charge >= 0.3 is 0 Å². The van der Waals surface area contributed by atoms with Gasteiger partial charge in [0.15, 0.2) is 0 Å². The van der Waals surface area contributed by atoms with Crippen LogP contribution in [0.2, 0.25) is 0 Å². The van der Waals surface area contributed by atoms with E-state index in [9.17, 15) is 9.59 Å². The third-order valence-corrected chi connectivity index (χ3v) is 5.47. The third-order valence-electron chi connectivity index (χ3n) is 4.46. The van der Waals surface area contributed by atoms with E-state index in [2.05, 4.69) is 15.5 Å². The molecule has 1 saturated heterocycles. The highest BCUT2D eigenvalue weighted by Gasteiger charge is 2.35. The van der Waals surface area contributed by atoms with Gasteiger partial charge in [0.05, 0.1) is 23.2 Å². The van der Waals surface area contributed by atoms with Crippen LogP contribution >= 0.6 is 11.8 Å². The zero-order valence-corrected chi connectivity index (χ0v) is 14.8. The van der Waals surface area contributed by atoms with E-state index in [-0.39, 0.29) is 11.8 Å². The molecule has 132 valence electrons. The van der Waals surface area contributed by atoms with Crippen molar-refractivity contribution in [3.8, 4) is 0 Å². The number of thioether (sulfide) groups is 1. The van der Waals surface area contributed by atoms with E-state index >= 15 is 0 Å². The number of H-pyrrole nitrogens is 1. The van der Waals surface area contributed by atoms with Gasteiger partial charge in [0.2, 0.25) is 5.91 Å². The summed E-state index contributed by atoms with van der Waals surface area (Å²) < 4.78 is 0. The van der Waals surface area contributed by atoms with Gasteiger partial charge < -0.3 is 10.2 Å². The average Bonchev–Trinajstić information content (AvgIpc) is 3.35. The summed E-state index contributed by atoms with van der Waals surface area (Å²) in [5.74, 6) is 0.840. The van der Waals surface area contributed by atoms with Crippen molar-refractivity contribution >= 4 is 34.5 Å². The molecule has 1 atom stereocenters.